The Hall–Kier alpha value is -1.19. The Balaban J connectivity index is 1.64. The van der Waals surface area contributed by atoms with E-state index in [4.69, 9.17) is 4.74 Å². The minimum Gasteiger partial charge on any atom is -0.372 e. The number of ether oxygens (including phenoxy) is 1. The van der Waals surface area contributed by atoms with Crippen LogP contribution in [0.2, 0.25) is 0 Å². The number of rotatable bonds is 3. The van der Waals surface area contributed by atoms with E-state index in [1.165, 1.54) is 0 Å². The maximum atomic E-state index is 12.2. The van der Waals surface area contributed by atoms with Crippen LogP contribution in [0.25, 0.3) is 0 Å². The van der Waals surface area contributed by atoms with Crippen LogP contribution in [0.15, 0.2) is 24.3 Å². The monoisotopic (exact) mass is 245 g/mol. The minimum absolute atomic E-state index is 0.222. The standard InChI is InChI=1S/C15H19NO2/c1-11-3-2-4-12(7-11)15(17)10-16-8-13-5-6-14(9-16)18-13/h2-4,7,13-14H,5-6,8-10H2,1H3. The predicted octanol–water partition coefficient (Wildman–Crippen LogP) is 2.04. The molecule has 0 amide bonds. The molecule has 0 spiro atoms. The fraction of sp³-hybridized carbons (Fsp3) is 0.533. The molecule has 2 unspecified atom stereocenters. The summed E-state index contributed by atoms with van der Waals surface area (Å²) < 4.78 is 5.78. The van der Waals surface area contributed by atoms with Gasteiger partial charge in [0.25, 0.3) is 0 Å². The van der Waals surface area contributed by atoms with Crippen LogP contribution < -0.4 is 0 Å². The van der Waals surface area contributed by atoms with Crippen molar-refractivity contribution in [3.63, 3.8) is 0 Å². The van der Waals surface area contributed by atoms with Crippen molar-refractivity contribution in [2.45, 2.75) is 32.0 Å². The number of ketones is 1. The summed E-state index contributed by atoms with van der Waals surface area (Å²) in [4.78, 5) is 14.5. The average molecular weight is 245 g/mol. The minimum atomic E-state index is 0.222. The summed E-state index contributed by atoms with van der Waals surface area (Å²) in [5, 5.41) is 0. The number of Topliss-reactive ketones (excluding diaryl/α,β-unsaturated/α-hetero) is 1. The molecule has 18 heavy (non-hydrogen) atoms. The quantitative estimate of drug-likeness (QED) is 0.763. The maximum Gasteiger partial charge on any atom is 0.176 e. The van der Waals surface area contributed by atoms with Crippen LogP contribution in [-0.4, -0.2) is 42.5 Å². The van der Waals surface area contributed by atoms with Gasteiger partial charge in [0, 0.05) is 18.7 Å². The van der Waals surface area contributed by atoms with Crippen LogP contribution >= 0.6 is 0 Å². The Kier molecular flexibility index (Phi) is 3.18. The topological polar surface area (TPSA) is 29.5 Å². The van der Waals surface area contributed by atoms with Crippen LogP contribution in [0.5, 0.6) is 0 Å². The van der Waals surface area contributed by atoms with E-state index < -0.39 is 0 Å². The van der Waals surface area contributed by atoms with E-state index in [1.807, 2.05) is 31.2 Å². The zero-order valence-corrected chi connectivity index (χ0v) is 10.8. The van der Waals surface area contributed by atoms with E-state index in [1.54, 1.807) is 0 Å². The molecule has 0 saturated carbocycles. The third-order valence-electron chi connectivity index (χ3n) is 3.83. The molecule has 1 aromatic rings. The van der Waals surface area contributed by atoms with Crippen molar-refractivity contribution in [1.82, 2.24) is 4.90 Å². The van der Waals surface area contributed by atoms with Gasteiger partial charge in [-0.1, -0.05) is 23.8 Å². The Labute approximate surface area is 108 Å². The lowest BCUT2D eigenvalue weighted by Crippen LogP contribution is -2.44. The number of nitrogens with zero attached hydrogens (tertiary/aromatic N) is 1. The first-order valence-corrected chi connectivity index (χ1v) is 6.68. The summed E-state index contributed by atoms with van der Waals surface area (Å²) in [7, 11) is 0. The lowest BCUT2D eigenvalue weighted by molar-refractivity contribution is -0.0355. The first-order valence-electron chi connectivity index (χ1n) is 6.68. The molecule has 2 aliphatic heterocycles. The highest BCUT2D eigenvalue weighted by Crippen LogP contribution is 2.26. The summed E-state index contributed by atoms with van der Waals surface area (Å²) in [5.41, 5.74) is 1.97. The number of carbonyl (C=O) groups excluding carboxylic acids is 1. The van der Waals surface area contributed by atoms with E-state index in [2.05, 4.69) is 4.90 Å². The van der Waals surface area contributed by atoms with Gasteiger partial charge in [-0.25, -0.2) is 0 Å². The smallest absolute Gasteiger partial charge is 0.176 e. The lowest BCUT2D eigenvalue weighted by atomic mass is 10.1. The van der Waals surface area contributed by atoms with Crippen molar-refractivity contribution in [2.24, 2.45) is 0 Å². The number of likely N-dealkylation sites (tertiary alicyclic amines) is 1. The molecular formula is C15H19NO2. The molecule has 3 rings (SSSR count). The molecule has 2 fully saturated rings. The second kappa shape index (κ2) is 4.82. The molecule has 2 bridgehead atoms. The number of fused-ring (bicyclic) bond motifs is 2. The van der Waals surface area contributed by atoms with E-state index in [-0.39, 0.29) is 5.78 Å². The van der Waals surface area contributed by atoms with Crippen molar-refractivity contribution >= 4 is 5.78 Å². The van der Waals surface area contributed by atoms with Crippen molar-refractivity contribution < 1.29 is 9.53 Å². The Bertz CT molecular complexity index is 446. The van der Waals surface area contributed by atoms with E-state index in [0.29, 0.717) is 18.8 Å². The number of benzene rings is 1. The van der Waals surface area contributed by atoms with Gasteiger partial charge < -0.3 is 4.74 Å². The summed E-state index contributed by atoms with van der Waals surface area (Å²) in [6.45, 7) is 4.37. The molecule has 1 aromatic carbocycles. The van der Waals surface area contributed by atoms with E-state index in [9.17, 15) is 4.79 Å². The molecule has 2 atom stereocenters. The normalized spacial score (nSPS) is 27.4. The molecule has 0 radical (unpaired) electrons. The van der Waals surface area contributed by atoms with Gasteiger partial charge in [0.05, 0.1) is 18.8 Å². The highest BCUT2D eigenvalue weighted by Gasteiger charge is 2.34. The molecule has 2 heterocycles. The van der Waals surface area contributed by atoms with Gasteiger partial charge >= 0.3 is 0 Å². The average Bonchev–Trinajstić information content (AvgIpc) is 2.69. The lowest BCUT2D eigenvalue weighted by Gasteiger charge is -2.31. The second-order valence-electron chi connectivity index (χ2n) is 5.44. The number of carbonyl (C=O) groups is 1. The summed E-state index contributed by atoms with van der Waals surface area (Å²) in [6, 6.07) is 7.85. The highest BCUT2D eigenvalue weighted by molar-refractivity contribution is 5.97. The molecule has 2 aliphatic rings. The van der Waals surface area contributed by atoms with E-state index >= 15 is 0 Å². The zero-order chi connectivity index (χ0) is 12.5. The second-order valence-corrected chi connectivity index (χ2v) is 5.44. The first kappa shape index (κ1) is 11.9. The maximum absolute atomic E-state index is 12.2. The molecule has 3 heteroatoms. The van der Waals surface area contributed by atoms with Gasteiger partial charge in [-0.2, -0.15) is 0 Å². The third kappa shape index (κ3) is 2.47. The Morgan fingerprint density at radius 2 is 2.06 bits per heavy atom. The number of morpholine rings is 1. The fourth-order valence-corrected chi connectivity index (χ4v) is 2.94. The first-order chi connectivity index (χ1) is 8.70. The molecule has 2 saturated heterocycles. The molecule has 0 aliphatic carbocycles. The SMILES string of the molecule is Cc1cccc(C(=O)CN2CC3CCC(C2)O3)c1. The summed E-state index contributed by atoms with van der Waals surface area (Å²) in [5.74, 6) is 0.222. The molecular weight excluding hydrogens is 226 g/mol. The largest absolute Gasteiger partial charge is 0.372 e. The van der Waals surface area contributed by atoms with Crippen molar-refractivity contribution in [3.05, 3.63) is 35.4 Å². The molecule has 3 nitrogen and oxygen atoms in total. The van der Waals surface area contributed by atoms with Crippen LogP contribution in [0.3, 0.4) is 0 Å². The van der Waals surface area contributed by atoms with Gasteiger partial charge in [0.1, 0.15) is 0 Å². The summed E-state index contributed by atoms with van der Waals surface area (Å²) >= 11 is 0. The fourth-order valence-electron chi connectivity index (χ4n) is 2.94. The summed E-state index contributed by atoms with van der Waals surface area (Å²) in [6.07, 6.45) is 3.02. The van der Waals surface area contributed by atoms with Crippen LogP contribution in [-0.2, 0) is 4.74 Å². The van der Waals surface area contributed by atoms with Crippen molar-refractivity contribution in [3.8, 4) is 0 Å². The van der Waals surface area contributed by atoms with Crippen LogP contribution in [0, 0.1) is 6.92 Å². The molecule has 0 aromatic heterocycles. The van der Waals surface area contributed by atoms with Crippen LogP contribution in [0.1, 0.15) is 28.8 Å². The Morgan fingerprint density at radius 1 is 1.33 bits per heavy atom. The van der Waals surface area contributed by atoms with Gasteiger partial charge in [-0.05, 0) is 25.8 Å². The van der Waals surface area contributed by atoms with Gasteiger partial charge in [0.15, 0.2) is 5.78 Å². The number of hydrogen-bond acceptors (Lipinski definition) is 3. The number of aryl methyl sites for hydroxylation is 1. The molecule has 0 N–H and O–H groups in total. The van der Waals surface area contributed by atoms with Gasteiger partial charge in [0.2, 0.25) is 0 Å². The van der Waals surface area contributed by atoms with Crippen molar-refractivity contribution in [1.29, 1.82) is 0 Å². The zero-order valence-electron chi connectivity index (χ0n) is 10.8. The van der Waals surface area contributed by atoms with Gasteiger partial charge in [-0.15, -0.1) is 0 Å². The highest BCUT2D eigenvalue weighted by atomic mass is 16.5. The predicted molar refractivity (Wildman–Crippen MR) is 69.8 cm³/mol. The van der Waals surface area contributed by atoms with Crippen molar-refractivity contribution in [2.75, 3.05) is 19.6 Å². The van der Waals surface area contributed by atoms with Gasteiger partial charge in [-0.3, -0.25) is 9.69 Å². The van der Waals surface area contributed by atoms with Crippen LogP contribution in [0.4, 0.5) is 0 Å². The van der Waals surface area contributed by atoms with E-state index in [0.717, 1.165) is 37.1 Å². The molecule has 96 valence electrons. The third-order valence-corrected chi connectivity index (χ3v) is 3.83. The Morgan fingerprint density at radius 3 is 2.72 bits per heavy atom. The number of hydrogen-bond donors (Lipinski definition) is 0.